The molecule has 3 nitrogen and oxygen atoms in total. The summed E-state index contributed by atoms with van der Waals surface area (Å²) in [6.07, 6.45) is 1.85. The Bertz CT molecular complexity index is 559. The molecule has 1 heterocycles. The van der Waals surface area contributed by atoms with E-state index in [0.717, 1.165) is 11.3 Å². The van der Waals surface area contributed by atoms with E-state index in [9.17, 15) is 4.79 Å². The van der Waals surface area contributed by atoms with Crippen LogP contribution >= 0.6 is 0 Å². The van der Waals surface area contributed by atoms with Crippen molar-refractivity contribution in [2.45, 2.75) is 19.8 Å². The number of aromatic nitrogens is 1. The molecule has 0 aliphatic heterocycles. The minimum atomic E-state index is -0.430. The standard InChI is InChI=1S/C15H16N2O/c1-10(2)11-7-8-14(17-9-11)12-5-3-4-6-13(12)15(16)18/h3-10H,1-2H3,(H2,16,18). The first-order valence-corrected chi connectivity index (χ1v) is 5.94. The molecular weight excluding hydrogens is 224 g/mol. The number of carbonyl (C=O) groups excluding carboxylic acids is 1. The highest BCUT2D eigenvalue weighted by molar-refractivity contribution is 5.99. The van der Waals surface area contributed by atoms with Gasteiger partial charge < -0.3 is 5.73 Å². The lowest BCUT2D eigenvalue weighted by Crippen LogP contribution is -2.12. The summed E-state index contributed by atoms with van der Waals surface area (Å²) < 4.78 is 0. The number of amides is 1. The average Bonchev–Trinajstić information content (AvgIpc) is 2.39. The lowest BCUT2D eigenvalue weighted by atomic mass is 10.0. The third kappa shape index (κ3) is 2.40. The van der Waals surface area contributed by atoms with Gasteiger partial charge in [0.1, 0.15) is 0 Å². The molecule has 18 heavy (non-hydrogen) atoms. The Kier molecular flexibility index (Phi) is 3.42. The van der Waals surface area contributed by atoms with E-state index in [2.05, 4.69) is 18.8 Å². The molecule has 0 spiro atoms. The minimum Gasteiger partial charge on any atom is -0.366 e. The molecule has 2 N–H and O–H groups in total. The molecule has 0 bridgehead atoms. The maximum absolute atomic E-state index is 11.4. The molecule has 0 fully saturated rings. The Morgan fingerprint density at radius 2 is 1.89 bits per heavy atom. The molecule has 0 unspecified atom stereocenters. The smallest absolute Gasteiger partial charge is 0.249 e. The van der Waals surface area contributed by atoms with Crippen molar-refractivity contribution in [2.24, 2.45) is 5.73 Å². The fourth-order valence-electron chi connectivity index (χ4n) is 1.83. The van der Waals surface area contributed by atoms with E-state index >= 15 is 0 Å². The van der Waals surface area contributed by atoms with Gasteiger partial charge >= 0.3 is 0 Å². The van der Waals surface area contributed by atoms with E-state index in [4.69, 9.17) is 5.73 Å². The van der Waals surface area contributed by atoms with Crippen molar-refractivity contribution in [3.05, 3.63) is 53.7 Å². The first-order valence-electron chi connectivity index (χ1n) is 5.94. The van der Waals surface area contributed by atoms with Crippen LogP contribution < -0.4 is 5.73 Å². The summed E-state index contributed by atoms with van der Waals surface area (Å²) in [4.78, 5) is 15.8. The average molecular weight is 240 g/mol. The Balaban J connectivity index is 2.46. The largest absolute Gasteiger partial charge is 0.366 e. The number of hydrogen-bond donors (Lipinski definition) is 1. The molecule has 0 radical (unpaired) electrons. The number of nitrogens with two attached hydrogens (primary N) is 1. The third-order valence-electron chi connectivity index (χ3n) is 2.92. The van der Waals surface area contributed by atoms with E-state index in [-0.39, 0.29) is 0 Å². The Labute approximate surface area is 107 Å². The van der Waals surface area contributed by atoms with E-state index in [1.165, 1.54) is 5.56 Å². The maximum atomic E-state index is 11.4. The number of carbonyl (C=O) groups is 1. The fourth-order valence-corrected chi connectivity index (χ4v) is 1.83. The first-order chi connectivity index (χ1) is 8.59. The van der Waals surface area contributed by atoms with Gasteiger partial charge in [-0.3, -0.25) is 9.78 Å². The van der Waals surface area contributed by atoms with Crippen LogP contribution in [-0.2, 0) is 0 Å². The van der Waals surface area contributed by atoms with Crippen molar-refractivity contribution in [1.29, 1.82) is 0 Å². The third-order valence-corrected chi connectivity index (χ3v) is 2.92. The van der Waals surface area contributed by atoms with Crippen LogP contribution in [0.4, 0.5) is 0 Å². The second-order valence-corrected chi connectivity index (χ2v) is 4.54. The molecule has 0 atom stereocenters. The highest BCUT2D eigenvalue weighted by Crippen LogP contribution is 2.23. The summed E-state index contributed by atoms with van der Waals surface area (Å²) in [7, 11) is 0. The molecule has 0 aliphatic rings. The lowest BCUT2D eigenvalue weighted by molar-refractivity contribution is 0.100. The van der Waals surface area contributed by atoms with Crippen molar-refractivity contribution >= 4 is 5.91 Å². The van der Waals surface area contributed by atoms with Crippen molar-refractivity contribution < 1.29 is 4.79 Å². The second-order valence-electron chi connectivity index (χ2n) is 4.54. The van der Waals surface area contributed by atoms with Crippen LogP contribution in [0.25, 0.3) is 11.3 Å². The highest BCUT2D eigenvalue weighted by atomic mass is 16.1. The molecule has 92 valence electrons. The first kappa shape index (κ1) is 12.3. The molecule has 1 amide bonds. The van der Waals surface area contributed by atoms with Gasteiger partial charge in [0.25, 0.3) is 0 Å². The van der Waals surface area contributed by atoms with Gasteiger partial charge in [0.2, 0.25) is 5.91 Å². The predicted octanol–water partition coefficient (Wildman–Crippen LogP) is 2.97. The van der Waals surface area contributed by atoms with Crippen molar-refractivity contribution in [3.63, 3.8) is 0 Å². The highest BCUT2D eigenvalue weighted by Gasteiger charge is 2.10. The summed E-state index contributed by atoms with van der Waals surface area (Å²) in [5, 5.41) is 0. The van der Waals surface area contributed by atoms with Crippen LogP contribution in [0.5, 0.6) is 0 Å². The van der Waals surface area contributed by atoms with Gasteiger partial charge in [0.15, 0.2) is 0 Å². The number of nitrogens with zero attached hydrogens (tertiary/aromatic N) is 1. The topological polar surface area (TPSA) is 56.0 Å². The van der Waals surface area contributed by atoms with Crippen molar-refractivity contribution in [3.8, 4) is 11.3 Å². The molecular formula is C15H16N2O. The van der Waals surface area contributed by atoms with Gasteiger partial charge in [-0.25, -0.2) is 0 Å². The van der Waals surface area contributed by atoms with Gasteiger partial charge in [-0.15, -0.1) is 0 Å². The molecule has 1 aromatic heterocycles. The monoisotopic (exact) mass is 240 g/mol. The number of benzene rings is 1. The molecule has 2 rings (SSSR count). The van der Waals surface area contributed by atoms with Gasteiger partial charge in [0.05, 0.1) is 5.69 Å². The summed E-state index contributed by atoms with van der Waals surface area (Å²) >= 11 is 0. The molecule has 3 heteroatoms. The zero-order valence-corrected chi connectivity index (χ0v) is 10.6. The van der Waals surface area contributed by atoms with Crippen LogP contribution in [0.2, 0.25) is 0 Å². The Hall–Kier alpha value is -2.16. The van der Waals surface area contributed by atoms with E-state index < -0.39 is 5.91 Å². The van der Waals surface area contributed by atoms with Crippen LogP contribution in [0.3, 0.4) is 0 Å². The van der Waals surface area contributed by atoms with Gasteiger partial charge in [-0.2, -0.15) is 0 Å². The summed E-state index contributed by atoms with van der Waals surface area (Å²) in [5.74, 6) is 0.0123. The zero-order chi connectivity index (χ0) is 13.1. The Morgan fingerprint density at radius 1 is 1.17 bits per heavy atom. The number of primary amides is 1. The molecule has 1 aromatic carbocycles. The zero-order valence-electron chi connectivity index (χ0n) is 10.6. The summed E-state index contributed by atoms with van der Waals surface area (Å²) in [6, 6.07) is 11.2. The molecule has 0 saturated heterocycles. The lowest BCUT2D eigenvalue weighted by Gasteiger charge is -2.08. The van der Waals surface area contributed by atoms with Crippen LogP contribution in [-0.4, -0.2) is 10.9 Å². The van der Waals surface area contributed by atoms with Gasteiger partial charge in [-0.1, -0.05) is 38.1 Å². The van der Waals surface area contributed by atoms with Crippen LogP contribution in [0.15, 0.2) is 42.6 Å². The summed E-state index contributed by atoms with van der Waals surface area (Å²) in [6.45, 7) is 4.24. The SMILES string of the molecule is CC(C)c1ccc(-c2ccccc2C(N)=O)nc1. The molecule has 2 aromatic rings. The van der Waals surface area contributed by atoms with Gasteiger partial charge in [0, 0.05) is 17.3 Å². The fraction of sp³-hybridized carbons (Fsp3) is 0.200. The normalized spacial score (nSPS) is 10.6. The predicted molar refractivity (Wildman–Crippen MR) is 72.3 cm³/mol. The quantitative estimate of drug-likeness (QED) is 0.896. The summed E-state index contributed by atoms with van der Waals surface area (Å²) in [5.41, 5.74) is 8.59. The minimum absolute atomic E-state index is 0.430. The van der Waals surface area contributed by atoms with Gasteiger partial charge in [-0.05, 0) is 23.6 Å². The number of pyridine rings is 1. The van der Waals surface area contributed by atoms with E-state index in [1.807, 2.05) is 30.5 Å². The van der Waals surface area contributed by atoms with E-state index in [0.29, 0.717) is 11.5 Å². The van der Waals surface area contributed by atoms with E-state index in [1.54, 1.807) is 12.1 Å². The molecule has 0 saturated carbocycles. The molecule has 0 aliphatic carbocycles. The van der Waals surface area contributed by atoms with Crippen molar-refractivity contribution in [2.75, 3.05) is 0 Å². The van der Waals surface area contributed by atoms with Crippen molar-refractivity contribution in [1.82, 2.24) is 4.98 Å². The van der Waals surface area contributed by atoms with Crippen LogP contribution in [0.1, 0.15) is 35.7 Å². The Morgan fingerprint density at radius 3 is 2.44 bits per heavy atom. The number of hydrogen-bond acceptors (Lipinski definition) is 2. The maximum Gasteiger partial charge on any atom is 0.249 e. The van der Waals surface area contributed by atoms with Crippen LogP contribution in [0, 0.1) is 0 Å². The number of rotatable bonds is 3. The second kappa shape index (κ2) is 5.00.